The third kappa shape index (κ3) is 4.01. The number of fused-ring (bicyclic) bond motifs is 1. The van der Waals surface area contributed by atoms with Gasteiger partial charge in [-0.05, 0) is 31.0 Å². The van der Waals surface area contributed by atoms with E-state index >= 15 is 0 Å². The zero-order valence-corrected chi connectivity index (χ0v) is 17.0. The number of rotatable bonds is 6. The van der Waals surface area contributed by atoms with Crippen molar-refractivity contribution < 1.29 is 19.3 Å². The lowest BCUT2D eigenvalue weighted by Crippen LogP contribution is -3.06. The maximum Gasteiger partial charge on any atom is 0.249 e. The summed E-state index contributed by atoms with van der Waals surface area (Å²) in [5.74, 6) is -0.821. The van der Waals surface area contributed by atoms with Crippen LogP contribution in [0.15, 0.2) is 12.1 Å². The highest BCUT2D eigenvalue weighted by atomic mass is 32.1. The Morgan fingerprint density at radius 2 is 1.89 bits per heavy atom. The maximum atomic E-state index is 13.0. The van der Waals surface area contributed by atoms with Crippen molar-refractivity contribution in [3.63, 3.8) is 0 Å². The monoisotopic (exact) mass is 389 g/mol. The lowest BCUT2D eigenvalue weighted by atomic mass is 10.1. The van der Waals surface area contributed by atoms with Crippen molar-refractivity contribution in [2.45, 2.75) is 26.7 Å². The molecule has 3 rings (SSSR count). The Bertz CT molecular complexity index is 890. The normalized spacial score (nSPS) is 14.6. The number of carbonyl (C=O) groups excluding carboxylic acids is 3. The second-order valence-electron chi connectivity index (χ2n) is 7.23. The summed E-state index contributed by atoms with van der Waals surface area (Å²) in [5, 5.41) is 0.615. The number of imide groups is 1. The minimum atomic E-state index is -0.276. The van der Waals surface area contributed by atoms with E-state index in [4.69, 9.17) is 4.98 Å². The van der Waals surface area contributed by atoms with Gasteiger partial charge >= 0.3 is 0 Å². The van der Waals surface area contributed by atoms with E-state index in [0.29, 0.717) is 11.7 Å². The van der Waals surface area contributed by atoms with Gasteiger partial charge in [0.2, 0.25) is 17.7 Å². The number of carbonyl (C=O) groups is 3. The van der Waals surface area contributed by atoms with Gasteiger partial charge in [-0.1, -0.05) is 17.4 Å². The average molecular weight is 390 g/mol. The van der Waals surface area contributed by atoms with Crippen molar-refractivity contribution >= 4 is 44.4 Å². The van der Waals surface area contributed by atoms with Gasteiger partial charge in [0.1, 0.15) is 6.54 Å². The molecule has 0 saturated carbocycles. The molecule has 0 radical (unpaired) electrons. The summed E-state index contributed by atoms with van der Waals surface area (Å²) < 4.78 is 1.02. The number of thiazole rings is 1. The fourth-order valence-electron chi connectivity index (χ4n) is 3.01. The largest absolute Gasteiger partial charge is 0.338 e. The molecule has 3 amide bonds. The molecule has 1 aromatic carbocycles. The van der Waals surface area contributed by atoms with Crippen LogP contribution in [0.3, 0.4) is 0 Å². The van der Waals surface area contributed by atoms with Crippen LogP contribution in [0.4, 0.5) is 5.13 Å². The molecule has 0 aliphatic carbocycles. The summed E-state index contributed by atoms with van der Waals surface area (Å²) in [7, 11) is 4.03. The molecule has 1 saturated heterocycles. The number of nitrogens with zero attached hydrogens (tertiary/aromatic N) is 3. The van der Waals surface area contributed by atoms with Crippen molar-refractivity contribution in [3.8, 4) is 0 Å². The zero-order valence-electron chi connectivity index (χ0n) is 16.2. The van der Waals surface area contributed by atoms with E-state index < -0.39 is 0 Å². The topological polar surface area (TPSA) is 75.0 Å². The summed E-state index contributed by atoms with van der Waals surface area (Å²) in [6, 6.07) is 4.07. The van der Waals surface area contributed by atoms with Gasteiger partial charge in [0, 0.05) is 12.8 Å². The van der Waals surface area contributed by atoms with Crippen LogP contribution in [0.1, 0.15) is 24.0 Å². The van der Waals surface area contributed by atoms with Crippen LogP contribution < -0.4 is 9.80 Å². The Hall–Kier alpha value is -2.32. The Kier molecular flexibility index (Phi) is 5.57. The molecule has 144 valence electrons. The van der Waals surface area contributed by atoms with Crippen LogP contribution in [0.5, 0.6) is 0 Å². The summed E-state index contributed by atoms with van der Waals surface area (Å²) in [5.41, 5.74) is 3.16. The first-order chi connectivity index (χ1) is 12.8. The molecule has 7 nitrogen and oxygen atoms in total. The smallest absolute Gasteiger partial charge is 0.249 e. The SMILES string of the molecule is Cc1ccc2sc(N(CC[NH+](C)C)C(=O)CN3C(=O)CCC3=O)nc2c1C. The lowest BCUT2D eigenvalue weighted by Gasteiger charge is -2.23. The van der Waals surface area contributed by atoms with Crippen LogP contribution in [-0.4, -0.2) is 61.3 Å². The van der Waals surface area contributed by atoms with Gasteiger partial charge in [-0.2, -0.15) is 0 Å². The van der Waals surface area contributed by atoms with Crippen molar-refractivity contribution in [2.75, 3.05) is 38.6 Å². The highest BCUT2D eigenvalue weighted by Crippen LogP contribution is 2.32. The Labute approximate surface area is 162 Å². The molecule has 0 bridgehead atoms. The third-order valence-corrected chi connectivity index (χ3v) is 5.93. The first kappa shape index (κ1) is 19.4. The van der Waals surface area contributed by atoms with Gasteiger partial charge < -0.3 is 4.90 Å². The molecule has 0 spiro atoms. The highest BCUT2D eigenvalue weighted by Gasteiger charge is 2.33. The van der Waals surface area contributed by atoms with E-state index in [9.17, 15) is 14.4 Å². The maximum absolute atomic E-state index is 13.0. The van der Waals surface area contributed by atoms with E-state index in [1.807, 2.05) is 34.0 Å². The molecule has 1 N–H and O–H groups in total. The van der Waals surface area contributed by atoms with Crippen LogP contribution in [0.25, 0.3) is 10.2 Å². The highest BCUT2D eigenvalue weighted by molar-refractivity contribution is 7.22. The van der Waals surface area contributed by atoms with Gasteiger partial charge in [-0.15, -0.1) is 0 Å². The van der Waals surface area contributed by atoms with Gasteiger partial charge in [0.15, 0.2) is 5.13 Å². The number of hydrogen-bond acceptors (Lipinski definition) is 5. The average Bonchev–Trinajstić information content (AvgIpc) is 3.17. The first-order valence-corrected chi connectivity index (χ1v) is 9.89. The summed E-state index contributed by atoms with van der Waals surface area (Å²) in [6.45, 7) is 5.07. The van der Waals surface area contributed by atoms with Crippen LogP contribution >= 0.6 is 11.3 Å². The molecular weight excluding hydrogens is 364 g/mol. The van der Waals surface area contributed by atoms with E-state index in [-0.39, 0.29) is 37.1 Å². The predicted octanol–water partition coefficient (Wildman–Crippen LogP) is 0.540. The summed E-state index contributed by atoms with van der Waals surface area (Å²) in [4.78, 5) is 45.3. The number of aryl methyl sites for hydroxylation is 2. The fraction of sp³-hybridized carbons (Fsp3) is 0.474. The number of quaternary nitrogens is 1. The van der Waals surface area contributed by atoms with Gasteiger partial charge in [0.25, 0.3) is 0 Å². The molecule has 1 aliphatic rings. The number of amides is 3. The molecule has 0 atom stereocenters. The van der Waals surface area contributed by atoms with Crippen LogP contribution in [0.2, 0.25) is 0 Å². The zero-order chi connectivity index (χ0) is 19.7. The molecule has 1 aromatic heterocycles. The van der Waals surface area contributed by atoms with E-state index in [2.05, 4.69) is 6.07 Å². The fourth-order valence-corrected chi connectivity index (χ4v) is 4.08. The van der Waals surface area contributed by atoms with E-state index in [0.717, 1.165) is 32.8 Å². The number of benzene rings is 1. The molecule has 2 aromatic rings. The van der Waals surface area contributed by atoms with Gasteiger partial charge in [-0.3, -0.25) is 24.2 Å². The molecule has 2 heterocycles. The quantitative estimate of drug-likeness (QED) is 0.732. The van der Waals surface area contributed by atoms with Gasteiger partial charge in [-0.25, -0.2) is 4.98 Å². The molecule has 0 unspecified atom stereocenters. The van der Waals surface area contributed by atoms with E-state index in [1.54, 1.807) is 4.90 Å². The first-order valence-electron chi connectivity index (χ1n) is 9.07. The van der Waals surface area contributed by atoms with Crippen molar-refractivity contribution in [3.05, 3.63) is 23.3 Å². The Morgan fingerprint density at radius 3 is 2.52 bits per heavy atom. The van der Waals surface area contributed by atoms with E-state index in [1.165, 1.54) is 16.2 Å². The summed E-state index contributed by atoms with van der Waals surface area (Å²) >= 11 is 1.46. The number of anilines is 1. The van der Waals surface area contributed by atoms with Crippen LogP contribution in [-0.2, 0) is 14.4 Å². The van der Waals surface area contributed by atoms with Crippen molar-refractivity contribution in [2.24, 2.45) is 0 Å². The van der Waals surface area contributed by atoms with Crippen LogP contribution in [0, 0.1) is 13.8 Å². The minimum absolute atomic E-state index is 0.188. The third-order valence-electron chi connectivity index (χ3n) is 4.89. The van der Waals surface area contributed by atoms with Gasteiger partial charge in [0.05, 0.1) is 37.4 Å². The second kappa shape index (κ2) is 7.74. The number of nitrogens with one attached hydrogen (secondary N) is 1. The number of likely N-dealkylation sites (N-methyl/N-ethyl adjacent to an activating group) is 1. The minimum Gasteiger partial charge on any atom is -0.338 e. The molecule has 8 heteroatoms. The number of likely N-dealkylation sites (tertiary alicyclic amines) is 1. The second-order valence-corrected chi connectivity index (χ2v) is 8.24. The predicted molar refractivity (Wildman–Crippen MR) is 105 cm³/mol. The number of aromatic nitrogens is 1. The molecule has 1 fully saturated rings. The molecular formula is C19H25N4O3S+. The van der Waals surface area contributed by atoms with Crippen molar-refractivity contribution in [1.82, 2.24) is 9.88 Å². The Balaban J connectivity index is 1.91. The molecule has 1 aliphatic heterocycles. The summed E-state index contributed by atoms with van der Waals surface area (Å²) in [6.07, 6.45) is 0.376. The molecule has 27 heavy (non-hydrogen) atoms. The Morgan fingerprint density at radius 1 is 1.22 bits per heavy atom. The number of hydrogen-bond donors (Lipinski definition) is 1. The lowest BCUT2D eigenvalue weighted by molar-refractivity contribution is -0.856. The van der Waals surface area contributed by atoms with Crippen molar-refractivity contribution in [1.29, 1.82) is 0 Å². The standard InChI is InChI=1S/C19H24N4O3S/c1-12-5-6-14-18(13(12)2)20-19(27-14)22(10-9-21(3)4)17(26)11-23-15(24)7-8-16(23)25/h5-6H,7-11H2,1-4H3/p+1.